The molecule has 0 heterocycles. The Morgan fingerprint density at radius 3 is 2.86 bits per heavy atom. The molecule has 0 aliphatic heterocycles. The summed E-state index contributed by atoms with van der Waals surface area (Å²) in [7, 11) is 0. The maximum absolute atomic E-state index is 13.1. The molecule has 1 aliphatic carbocycles. The van der Waals surface area contributed by atoms with Gasteiger partial charge >= 0.3 is 0 Å². The molecule has 4 heteroatoms. The first-order valence-corrected chi connectivity index (χ1v) is 4.45. The number of hydrogen-bond acceptors (Lipinski definition) is 2. The number of nitrogen functional groups attached to an aromatic ring is 1. The van der Waals surface area contributed by atoms with E-state index in [1.807, 2.05) is 0 Å². The van der Waals surface area contributed by atoms with Crippen LogP contribution in [0.25, 0.3) is 0 Å². The number of aryl methyl sites for hydroxylation is 1. The van der Waals surface area contributed by atoms with E-state index in [2.05, 4.69) is 0 Å². The van der Waals surface area contributed by atoms with E-state index >= 15 is 0 Å². The normalized spacial score (nSPS) is 24.4. The van der Waals surface area contributed by atoms with Gasteiger partial charge in [-0.2, -0.15) is 0 Å². The number of rotatable bonds is 0. The summed E-state index contributed by atoms with van der Waals surface area (Å²) >= 11 is 0. The van der Waals surface area contributed by atoms with Crippen molar-refractivity contribution in [1.29, 1.82) is 0 Å². The van der Waals surface area contributed by atoms with Crippen molar-refractivity contribution in [3.63, 3.8) is 0 Å². The van der Waals surface area contributed by atoms with Gasteiger partial charge < -0.3 is 10.8 Å². The molecule has 2 rings (SSSR count). The zero-order valence-electron chi connectivity index (χ0n) is 7.50. The lowest BCUT2D eigenvalue weighted by atomic mass is 9.86. The summed E-state index contributed by atoms with van der Waals surface area (Å²) in [6.45, 7) is 0. The molecule has 0 amide bonds. The molecular weight excluding hydrogens is 188 g/mol. The highest BCUT2D eigenvalue weighted by atomic mass is 19.3. The van der Waals surface area contributed by atoms with E-state index in [0.717, 1.165) is 5.56 Å². The van der Waals surface area contributed by atoms with Gasteiger partial charge in [0.25, 0.3) is 5.92 Å². The number of anilines is 1. The summed E-state index contributed by atoms with van der Waals surface area (Å²) in [5.74, 6) is -3.01. The summed E-state index contributed by atoms with van der Waals surface area (Å²) in [6, 6.07) is 4.65. The molecule has 1 aromatic rings. The van der Waals surface area contributed by atoms with Crippen molar-refractivity contribution in [3.05, 3.63) is 29.3 Å². The zero-order valence-corrected chi connectivity index (χ0v) is 7.50. The van der Waals surface area contributed by atoms with Crippen molar-refractivity contribution in [3.8, 4) is 0 Å². The van der Waals surface area contributed by atoms with Crippen LogP contribution in [0.5, 0.6) is 0 Å². The number of nitrogens with two attached hydrogens (primary N) is 1. The molecule has 0 saturated carbocycles. The van der Waals surface area contributed by atoms with Crippen LogP contribution in [0.2, 0.25) is 0 Å². The summed E-state index contributed by atoms with van der Waals surface area (Å²) in [4.78, 5) is 0. The first kappa shape index (κ1) is 9.40. The third-order valence-corrected chi connectivity index (χ3v) is 2.59. The molecule has 1 aliphatic rings. The lowest BCUT2D eigenvalue weighted by molar-refractivity contribution is -0.121. The van der Waals surface area contributed by atoms with E-state index in [9.17, 15) is 13.9 Å². The molecule has 3 N–H and O–H groups in total. The fourth-order valence-corrected chi connectivity index (χ4v) is 1.77. The van der Waals surface area contributed by atoms with E-state index < -0.39 is 12.0 Å². The fraction of sp³-hybridized carbons (Fsp3) is 0.400. The van der Waals surface area contributed by atoms with E-state index in [0.29, 0.717) is 11.3 Å². The maximum atomic E-state index is 13.1. The van der Waals surface area contributed by atoms with Gasteiger partial charge in [-0.15, -0.1) is 0 Å². The van der Waals surface area contributed by atoms with Crippen LogP contribution in [-0.4, -0.2) is 11.0 Å². The minimum atomic E-state index is -3.01. The maximum Gasteiger partial charge on any atom is 0.277 e. The third-order valence-electron chi connectivity index (χ3n) is 2.59. The number of hydrogen-bond donors (Lipinski definition) is 2. The number of fused-ring (bicyclic) bond motifs is 1. The minimum absolute atomic E-state index is 0.268. The standard InChI is InChI=1S/C10H11F2NO/c11-10(12)4-3-6-5-7(13)1-2-8(6)9(10)14/h1-2,5,9,14H,3-4,13H2. The molecule has 0 bridgehead atoms. The predicted molar refractivity (Wildman–Crippen MR) is 49.1 cm³/mol. The molecule has 0 radical (unpaired) electrons. The average Bonchev–Trinajstić information content (AvgIpc) is 2.12. The van der Waals surface area contributed by atoms with Crippen molar-refractivity contribution in [1.82, 2.24) is 0 Å². The SMILES string of the molecule is Nc1ccc2c(c1)CCC(F)(F)C2O. The second-order valence-electron chi connectivity index (χ2n) is 3.62. The Labute approximate surface area is 80.4 Å². The molecule has 1 atom stereocenters. The minimum Gasteiger partial charge on any atom is -0.399 e. The first-order valence-electron chi connectivity index (χ1n) is 4.45. The quantitative estimate of drug-likeness (QED) is 0.627. The van der Waals surface area contributed by atoms with E-state index in [4.69, 9.17) is 5.73 Å². The summed E-state index contributed by atoms with van der Waals surface area (Å²) < 4.78 is 26.2. The van der Waals surface area contributed by atoms with Gasteiger partial charge in [-0.25, -0.2) is 8.78 Å². The monoisotopic (exact) mass is 199 g/mol. The van der Waals surface area contributed by atoms with Crippen LogP contribution in [0.4, 0.5) is 14.5 Å². The second-order valence-corrected chi connectivity index (χ2v) is 3.62. The highest BCUT2D eigenvalue weighted by Gasteiger charge is 2.43. The molecule has 0 spiro atoms. The highest BCUT2D eigenvalue weighted by molar-refractivity contribution is 5.47. The van der Waals surface area contributed by atoms with Crippen molar-refractivity contribution >= 4 is 5.69 Å². The van der Waals surface area contributed by atoms with Crippen molar-refractivity contribution in [2.24, 2.45) is 0 Å². The largest absolute Gasteiger partial charge is 0.399 e. The second kappa shape index (κ2) is 2.92. The lowest BCUT2D eigenvalue weighted by Gasteiger charge is -2.29. The number of benzene rings is 1. The average molecular weight is 199 g/mol. The molecule has 2 nitrogen and oxygen atoms in total. The van der Waals surface area contributed by atoms with Gasteiger partial charge in [-0.3, -0.25) is 0 Å². The van der Waals surface area contributed by atoms with Crippen LogP contribution in [0, 0.1) is 0 Å². The van der Waals surface area contributed by atoms with Gasteiger partial charge in [0.15, 0.2) is 0 Å². The molecule has 0 saturated heterocycles. The molecule has 76 valence electrons. The van der Waals surface area contributed by atoms with Gasteiger partial charge in [0.05, 0.1) is 0 Å². The van der Waals surface area contributed by atoms with Crippen LogP contribution in [-0.2, 0) is 6.42 Å². The Morgan fingerprint density at radius 1 is 1.43 bits per heavy atom. The number of aliphatic hydroxyl groups excluding tert-OH is 1. The van der Waals surface area contributed by atoms with Crippen molar-refractivity contribution in [2.45, 2.75) is 24.9 Å². The van der Waals surface area contributed by atoms with Gasteiger partial charge in [0, 0.05) is 12.1 Å². The van der Waals surface area contributed by atoms with E-state index in [-0.39, 0.29) is 12.8 Å². The van der Waals surface area contributed by atoms with Crippen molar-refractivity contribution < 1.29 is 13.9 Å². The Bertz CT molecular complexity index is 365. The Balaban J connectivity index is 2.46. The van der Waals surface area contributed by atoms with Gasteiger partial charge in [-0.05, 0) is 29.7 Å². The molecule has 1 unspecified atom stereocenters. The Kier molecular flexibility index (Phi) is 1.96. The van der Waals surface area contributed by atoms with Crippen LogP contribution in [0.15, 0.2) is 18.2 Å². The fourth-order valence-electron chi connectivity index (χ4n) is 1.77. The van der Waals surface area contributed by atoms with E-state index in [1.54, 1.807) is 6.07 Å². The highest BCUT2D eigenvalue weighted by Crippen LogP contribution is 2.41. The smallest absolute Gasteiger partial charge is 0.277 e. The van der Waals surface area contributed by atoms with Crippen LogP contribution in [0.1, 0.15) is 23.7 Å². The number of halogens is 2. The van der Waals surface area contributed by atoms with Crippen LogP contribution in [0.3, 0.4) is 0 Å². The summed E-state index contributed by atoms with van der Waals surface area (Å²) in [5.41, 5.74) is 7.10. The first-order chi connectivity index (χ1) is 6.50. The molecule has 14 heavy (non-hydrogen) atoms. The van der Waals surface area contributed by atoms with Crippen LogP contribution >= 0.6 is 0 Å². The Morgan fingerprint density at radius 2 is 2.14 bits per heavy atom. The zero-order chi connectivity index (χ0) is 10.3. The van der Waals surface area contributed by atoms with E-state index in [1.165, 1.54) is 12.1 Å². The topological polar surface area (TPSA) is 46.2 Å². The number of alkyl halides is 2. The van der Waals surface area contributed by atoms with Gasteiger partial charge in [-0.1, -0.05) is 6.07 Å². The molecule has 0 aromatic heterocycles. The third kappa shape index (κ3) is 1.35. The number of aliphatic hydroxyl groups is 1. The van der Waals surface area contributed by atoms with Crippen molar-refractivity contribution in [2.75, 3.05) is 5.73 Å². The molecule has 1 aromatic carbocycles. The van der Waals surface area contributed by atoms with Crippen LogP contribution < -0.4 is 5.73 Å². The lowest BCUT2D eigenvalue weighted by Crippen LogP contribution is -2.31. The molecular formula is C10H11F2NO. The Hall–Kier alpha value is -1.16. The predicted octanol–water partition coefficient (Wildman–Crippen LogP) is 1.88. The molecule has 0 fully saturated rings. The summed E-state index contributed by atoms with van der Waals surface area (Å²) in [6.07, 6.45) is -1.73. The van der Waals surface area contributed by atoms with Gasteiger partial charge in [0.2, 0.25) is 0 Å². The summed E-state index contributed by atoms with van der Waals surface area (Å²) in [5, 5.41) is 9.39. The van der Waals surface area contributed by atoms with Gasteiger partial charge in [0.1, 0.15) is 6.10 Å².